The molecule has 3 fully saturated rings. The Balaban J connectivity index is 1.85. The first-order chi connectivity index (χ1) is 7.30. The molecule has 4 nitrogen and oxygen atoms in total. The Bertz CT molecular complexity index is 358. The van der Waals surface area contributed by atoms with Crippen LogP contribution in [0.1, 0.15) is 33.1 Å². The predicted molar refractivity (Wildman–Crippen MR) is 64.7 cm³/mol. The maximum absolute atomic E-state index is 11.0. The van der Waals surface area contributed by atoms with Crippen LogP contribution < -0.4 is 10.0 Å². The van der Waals surface area contributed by atoms with E-state index in [1.807, 2.05) is 0 Å². The summed E-state index contributed by atoms with van der Waals surface area (Å²) in [5.41, 5.74) is 0.322. The molecule has 1 atom stereocenters. The van der Waals surface area contributed by atoms with Gasteiger partial charge in [0.1, 0.15) is 0 Å². The quantitative estimate of drug-likeness (QED) is 0.751. The zero-order valence-electron chi connectivity index (χ0n) is 10.3. The first-order valence-electron chi connectivity index (χ1n) is 6.02. The number of nitrogens with one attached hydrogen (secondary N) is 2. The summed E-state index contributed by atoms with van der Waals surface area (Å²) in [5.74, 6) is 1.25. The zero-order chi connectivity index (χ0) is 12.0. The van der Waals surface area contributed by atoms with Gasteiger partial charge in [0.05, 0.1) is 6.26 Å². The highest BCUT2D eigenvalue weighted by Crippen LogP contribution is 2.55. The van der Waals surface area contributed by atoms with E-state index in [1.54, 1.807) is 0 Å². The van der Waals surface area contributed by atoms with Gasteiger partial charge in [0.15, 0.2) is 0 Å². The maximum Gasteiger partial charge on any atom is 0.208 e. The first-order valence-corrected chi connectivity index (χ1v) is 7.91. The van der Waals surface area contributed by atoms with Crippen molar-refractivity contribution in [3.8, 4) is 0 Å². The number of fused-ring (bicyclic) bond motifs is 1. The van der Waals surface area contributed by atoms with E-state index >= 15 is 0 Å². The molecule has 3 aliphatic carbocycles. The van der Waals surface area contributed by atoms with E-state index in [1.165, 1.54) is 19.1 Å². The van der Waals surface area contributed by atoms with Gasteiger partial charge in [-0.05, 0) is 31.1 Å². The third-order valence-electron chi connectivity index (χ3n) is 3.83. The minimum Gasteiger partial charge on any atom is -0.309 e. The van der Waals surface area contributed by atoms with E-state index in [4.69, 9.17) is 0 Å². The topological polar surface area (TPSA) is 58.2 Å². The summed E-state index contributed by atoms with van der Waals surface area (Å²) in [7, 11) is -3.03. The van der Waals surface area contributed by atoms with Crippen molar-refractivity contribution in [2.45, 2.75) is 44.7 Å². The van der Waals surface area contributed by atoms with Crippen molar-refractivity contribution < 1.29 is 8.42 Å². The second kappa shape index (κ2) is 3.96. The lowest BCUT2D eigenvalue weighted by Crippen LogP contribution is -2.51. The molecule has 0 aromatic heterocycles. The van der Waals surface area contributed by atoms with Gasteiger partial charge in [-0.1, -0.05) is 13.8 Å². The van der Waals surface area contributed by atoms with Crippen LogP contribution in [0.5, 0.6) is 0 Å². The van der Waals surface area contributed by atoms with Crippen LogP contribution in [0.15, 0.2) is 0 Å². The molecular weight excluding hydrogens is 224 g/mol. The fourth-order valence-corrected chi connectivity index (χ4v) is 3.92. The van der Waals surface area contributed by atoms with Gasteiger partial charge in [-0.3, -0.25) is 0 Å². The van der Waals surface area contributed by atoms with Gasteiger partial charge in [-0.25, -0.2) is 13.1 Å². The molecular formula is C11H22N2O2S. The molecule has 3 aliphatic rings. The summed E-state index contributed by atoms with van der Waals surface area (Å²) in [6.07, 6.45) is 4.80. The van der Waals surface area contributed by atoms with Crippen LogP contribution in [0, 0.1) is 11.8 Å². The third-order valence-corrected chi connectivity index (χ3v) is 4.52. The monoisotopic (exact) mass is 246 g/mol. The fourth-order valence-electron chi connectivity index (χ4n) is 3.40. The van der Waals surface area contributed by atoms with Gasteiger partial charge in [-0.2, -0.15) is 0 Å². The Labute approximate surface area is 98.2 Å². The van der Waals surface area contributed by atoms with Crippen LogP contribution in [0.2, 0.25) is 0 Å². The number of hydrogen-bond acceptors (Lipinski definition) is 3. The molecule has 0 amide bonds. The molecule has 1 unspecified atom stereocenters. The minimum atomic E-state index is -3.03. The molecule has 0 aromatic rings. The van der Waals surface area contributed by atoms with Crippen LogP contribution >= 0.6 is 0 Å². The van der Waals surface area contributed by atoms with Gasteiger partial charge in [0.25, 0.3) is 0 Å². The van der Waals surface area contributed by atoms with Gasteiger partial charge < -0.3 is 5.32 Å². The molecule has 3 saturated carbocycles. The minimum absolute atomic E-state index is 0.322. The van der Waals surface area contributed by atoms with E-state index in [9.17, 15) is 8.42 Å². The summed E-state index contributed by atoms with van der Waals surface area (Å²) in [4.78, 5) is 0. The van der Waals surface area contributed by atoms with E-state index in [2.05, 4.69) is 23.9 Å². The average Bonchev–Trinajstić information content (AvgIpc) is 2.51. The highest BCUT2D eigenvalue weighted by molar-refractivity contribution is 7.88. The molecule has 0 aliphatic heterocycles. The summed E-state index contributed by atoms with van der Waals surface area (Å²) < 4.78 is 24.7. The lowest BCUT2D eigenvalue weighted by Gasteiger charge is -2.41. The van der Waals surface area contributed by atoms with Crippen molar-refractivity contribution in [1.82, 2.24) is 10.0 Å². The second-order valence-electron chi connectivity index (χ2n) is 5.83. The summed E-state index contributed by atoms with van der Waals surface area (Å²) in [6, 6.07) is 0.516. The molecule has 3 rings (SSSR count). The SMILES string of the molecule is CC(C)NC12CC(CNS(C)(=O)=O)C(C1)C2. The van der Waals surface area contributed by atoms with Crippen LogP contribution in [0.25, 0.3) is 0 Å². The van der Waals surface area contributed by atoms with E-state index in [0.717, 1.165) is 12.3 Å². The number of sulfonamides is 1. The first kappa shape index (κ1) is 12.3. The number of rotatable bonds is 5. The highest BCUT2D eigenvalue weighted by Gasteiger charge is 2.55. The van der Waals surface area contributed by atoms with Crippen molar-refractivity contribution in [2.75, 3.05) is 12.8 Å². The second-order valence-corrected chi connectivity index (χ2v) is 7.67. The van der Waals surface area contributed by atoms with Gasteiger partial charge in [0, 0.05) is 18.1 Å². The molecule has 94 valence electrons. The highest BCUT2D eigenvalue weighted by atomic mass is 32.2. The van der Waals surface area contributed by atoms with Crippen LogP contribution in [-0.2, 0) is 10.0 Å². The van der Waals surface area contributed by atoms with Crippen molar-refractivity contribution in [3.05, 3.63) is 0 Å². The zero-order valence-corrected chi connectivity index (χ0v) is 11.1. The van der Waals surface area contributed by atoms with Crippen LogP contribution in [0.3, 0.4) is 0 Å². The molecule has 0 radical (unpaired) electrons. The Hall–Kier alpha value is -0.130. The molecule has 2 bridgehead atoms. The molecule has 0 saturated heterocycles. The molecule has 2 N–H and O–H groups in total. The molecule has 0 heterocycles. The van der Waals surface area contributed by atoms with Crippen LogP contribution in [0.4, 0.5) is 0 Å². The third kappa shape index (κ3) is 2.57. The van der Waals surface area contributed by atoms with Gasteiger partial charge in [-0.15, -0.1) is 0 Å². The molecule has 16 heavy (non-hydrogen) atoms. The Morgan fingerprint density at radius 1 is 1.31 bits per heavy atom. The summed E-state index contributed by atoms with van der Waals surface area (Å²) in [6.45, 7) is 4.96. The van der Waals surface area contributed by atoms with Crippen molar-refractivity contribution in [3.63, 3.8) is 0 Å². The Kier molecular flexibility index (Phi) is 3.05. The van der Waals surface area contributed by atoms with Gasteiger partial charge in [0.2, 0.25) is 10.0 Å². The predicted octanol–water partition coefficient (Wildman–Crippen LogP) is 0.702. The average molecular weight is 246 g/mol. The smallest absolute Gasteiger partial charge is 0.208 e. The fraction of sp³-hybridized carbons (Fsp3) is 1.00. The number of hydrogen-bond donors (Lipinski definition) is 2. The maximum atomic E-state index is 11.0. The largest absolute Gasteiger partial charge is 0.309 e. The standard InChI is InChI=1S/C11H22N2O2S/c1-8(2)13-11-4-9(5-11)10(6-11)7-12-16(3,14)15/h8-10,12-13H,4-7H2,1-3H3. The summed E-state index contributed by atoms with van der Waals surface area (Å²) in [5, 5.41) is 3.63. The van der Waals surface area contributed by atoms with E-state index < -0.39 is 10.0 Å². The molecule has 5 heteroatoms. The van der Waals surface area contributed by atoms with Crippen LogP contribution in [-0.4, -0.2) is 32.8 Å². The normalized spacial score (nSPS) is 37.8. The van der Waals surface area contributed by atoms with Gasteiger partial charge >= 0.3 is 0 Å². The lowest BCUT2D eigenvalue weighted by molar-refractivity contribution is 0.170. The van der Waals surface area contributed by atoms with Crippen molar-refractivity contribution in [2.24, 2.45) is 11.8 Å². The Morgan fingerprint density at radius 2 is 1.94 bits per heavy atom. The van der Waals surface area contributed by atoms with Crippen molar-refractivity contribution in [1.29, 1.82) is 0 Å². The van der Waals surface area contributed by atoms with E-state index in [0.29, 0.717) is 24.0 Å². The Morgan fingerprint density at radius 3 is 2.44 bits per heavy atom. The summed E-state index contributed by atoms with van der Waals surface area (Å²) >= 11 is 0. The molecule has 0 aromatic carbocycles. The van der Waals surface area contributed by atoms with Crippen molar-refractivity contribution >= 4 is 10.0 Å². The van der Waals surface area contributed by atoms with E-state index in [-0.39, 0.29) is 0 Å². The molecule has 0 spiro atoms. The lowest BCUT2D eigenvalue weighted by atomic mass is 9.76.